The molecule has 0 bridgehead atoms. The number of thiocarbonyl (C=S) groups is 1. The van der Waals surface area contributed by atoms with Crippen molar-refractivity contribution in [3.8, 4) is 5.75 Å². The van der Waals surface area contributed by atoms with Crippen LogP contribution in [0.1, 0.15) is 0 Å². The molecule has 0 saturated carbocycles. The summed E-state index contributed by atoms with van der Waals surface area (Å²) < 4.78 is 23.3. The third kappa shape index (κ3) is 1.83. The summed E-state index contributed by atoms with van der Waals surface area (Å²) in [6.07, 6.45) is 0. The summed E-state index contributed by atoms with van der Waals surface area (Å²) in [7, 11) is -3.01. The summed E-state index contributed by atoms with van der Waals surface area (Å²) in [5, 5.41) is 13.0. The maximum absolute atomic E-state index is 11.6. The highest BCUT2D eigenvalue weighted by molar-refractivity contribution is 7.91. The molecule has 18 heavy (non-hydrogen) atoms. The van der Waals surface area contributed by atoms with Gasteiger partial charge in [0.2, 0.25) is 0 Å². The minimum absolute atomic E-state index is 0.0977. The predicted octanol–water partition coefficient (Wildman–Crippen LogP) is 0.252. The Kier molecular flexibility index (Phi) is 2.49. The molecule has 0 aromatic heterocycles. The highest BCUT2D eigenvalue weighted by Gasteiger charge is 2.47. The molecule has 3 rings (SSSR count). The van der Waals surface area contributed by atoms with Crippen molar-refractivity contribution >= 4 is 32.9 Å². The van der Waals surface area contributed by atoms with E-state index in [9.17, 15) is 13.5 Å². The van der Waals surface area contributed by atoms with Gasteiger partial charge >= 0.3 is 0 Å². The molecule has 2 heterocycles. The average Bonchev–Trinajstić information content (AvgIpc) is 2.68. The first-order valence-electron chi connectivity index (χ1n) is 5.55. The lowest BCUT2D eigenvalue weighted by Crippen LogP contribution is -2.36. The van der Waals surface area contributed by atoms with Crippen LogP contribution in [0, 0.1) is 0 Å². The number of nitrogens with one attached hydrogen (secondary N) is 1. The Balaban J connectivity index is 1.99. The van der Waals surface area contributed by atoms with Crippen molar-refractivity contribution in [2.75, 3.05) is 16.4 Å². The van der Waals surface area contributed by atoms with Crippen LogP contribution < -0.4 is 10.2 Å². The number of anilines is 1. The number of hydrogen-bond acceptors (Lipinski definition) is 4. The van der Waals surface area contributed by atoms with Gasteiger partial charge < -0.3 is 15.3 Å². The van der Waals surface area contributed by atoms with E-state index in [1.54, 1.807) is 29.2 Å². The first-order valence-corrected chi connectivity index (χ1v) is 7.78. The van der Waals surface area contributed by atoms with Crippen LogP contribution in [0.25, 0.3) is 0 Å². The number of hydrogen-bond donors (Lipinski definition) is 2. The van der Waals surface area contributed by atoms with Gasteiger partial charge in [0, 0.05) is 11.8 Å². The van der Waals surface area contributed by atoms with Gasteiger partial charge in [0.25, 0.3) is 0 Å². The summed E-state index contributed by atoms with van der Waals surface area (Å²) in [5.74, 6) is 0.354. The van der Waals surface area contributed by atoms with E-state index >= 15 is 0 Å². The molecule has 0 radical (unpaired) electrons. The Morgan fingerprint density at radius 2 is 2.17 bits per heavy atom. The quantitative estimate of drug-likeness (QED) is 0.721. The minimum Gasteiger partial charge on any atom is -0.508 e. The molecular weight excluding hydrogens is 272 g/mol. The summed E-state index contributed by atoms with van der Waals surface area (Å²) in [4.78, 5) is 1.78. The molecule has 2 N–H and O–H groups in total. The van der Waals surface area contributed by atoms with Gasteiger partial charge in [-0.1, -0.05) is 6.07 Å². The zero-order valence-corrected chi connectivity index (χ0v) is 11.0. The number of aromatic hydroxyl groups is 1. The number of fused-ring (bicyclic) bond motifs is 1. The highest BCUT2D eigenvalue weighted by Crippen LogP contribution is 2.31. The third-order valence-electron chi connectivity index (χ3n) is 3.29. The smallest absolute Gasteiger partial charge is 0.174 e. The van der Waals surface area contributed by atoms with Gasteiger partial charge in [-0.25, -0.2) is 8.42 Å². The van der Waals surface area contributed by atoms with Gasteiger partial charge in [-0.05, 0) is 24.4 Å². The summed E-state index contributed by atoms with van der Waals surface area (Å²) in [6, 6.07) is 6.35. The van der Waals surface area contributed by atoms with Gasteiger partial charge in [0.1, 0.15) is 5.75 Å². The van der Waals surface area contributed by atoms with E-state index in [1.807, 2.05) is 0 Å². The maximum Gasteiger partial charge on any atom is 0.174 e. The zero-order chi connectivity index (χ0) is 12.9. The minimum atomic E-state index is -3.01. The van der Waals surface area contributed by atoms with Crippen molar-refractivity contribution in [1.82, 2.24) is 5.32 Å². The molecular formula is C11H12N2O3S2. The molecule has 0 amide bonds. The summed E-state index contributed by atoms with van der Waals surface area (Å²) >= 11 is 5.23. The fraction of sp³-hybridized carbons (Fsp3) is 0.364. The molecule has 1 aromatic carbocycles. The van der Waals surface area contributed by atoms with Crippen molar-refractivity contribution in [2.45, 2.75) is 12.1 Å². The van der Waals surface area contributed by atoms with Gasteiger partial charge in [-0.15, -0.1) is 0 Å². The third-order valence-corrected chi connectivity index (χ3v) is 5.32. The predicted molar refractivity (Wildman–Crippen MR) is 72.5 cm³/mol. The topological polar surface area (TPSA) is 69.6 Å². The van der Waals surface area contributed by atoms with Crippen molar-refractivity contribution < 1.29 is 13.5 Å². The second-order valence-electron chi connectivity index (χ2n) is 4.59. The van der Waals surface area contributed by atoms with Crippen LogP contribution in [0.2, 0.25) is 0 Å². The molecule has 7 heteroatoms. The SMILES string of the molecule is O=S1(=O)C[C@@H]2NC(=S)N(c3cccc(O)c3)[C@@H]2C1. The van der Waals surface area contributed by atoms with E-state index in [0.29, 0.717) is 5.11 Å². The largest absolute Gasteiger partial charge is 0.508 e. The first kappa shape index (κ1) is 11.7. The maximum atomic E-state index is 11.6. The van der Waals surface area contributed by atoms with Gasteiger partial charge in [-0.2, -0.15) is 0 Å². The van der Waals surface area contributed by atoms with Crippen LogP contribution in [0.5, 0.6) is 5.75 Å². The van der Waals surface area contributed by atoms with E-state index in [-0.39, 0.29) is 29.3 Å². The van der Waals surface area contributed by atoms with Crippen LogP contribution in [0.4, 0.5) is 5.69 Å². The standard InChI is InChI=1S/C11H12N2O3S2/c14-8-3-1-2-7(4-8)13-10-6-18(15,16)5-9(10)12-11(13)17/h1-4,9-10,14H,5-6H2,(H,12,17)/t9-,10+/m0/s1. The number of benzene rings is 1. The van der Waals surface area contributed by atoms with Gasteiger partial charge in [-0.3, -0.25) is 0 Å². The number of phenols is 1. The Labute approximate surface area is 110 Å². The number of phenolic OH excluding ortho intramolecular Hbond substituents is 1. The average molecular weight is 284 g/mol. The zero-order valence-electron chi connectivity index (χ0n) is 9.41. The van der Waals surface area contributed by atoms with E-state index in [1.165, 1.54) is 0 Å². The molecule has 96 valence electrons. The Morgan fingerprint density at radius 3 is 2.89 bits per heavy atom. The molecule has 2 aliphatic heterocycles. The van der Waals surface area contributed by atoms with Crippen molar-refractivity contribution in [3.05, 3.63) is 24.3 Å². The van der Waals surface area contributed by atoms with Crippen LogP contribution >= 0.6 is 12.2 Å². The molecule has 5 nitrogen and oxygen atoms in total. The van der Waals surface area contributed by atoms with Crippen LogP contribution in [0.3, 0.4) is 0 Å². The van der Waals surface area contributed by atoms with Crippen molar-refractivity contribution in [3.63, 3.8) is 0 Å². The summed E-state index contributed by atoms with van der Waals surface area (Å²) in [5.41, 5.74) is 0.720. The van der Waals surface area contributed by atoms with E-state index < -0.39 is 9.84 Å². The normalized spacial score (nSPS) is 29.1. The van der Waals surface area contributed by atoms with E-state index in [2.05, 4.69) is 5.32 Å². The monoisotopic (exact) mass is 284 g/mol. The molecule has 2 fully saturated rings. The Bertz CT molecular complexity index is 614. The fourth-order valence-corrected chi connectivity index (χ4v) is 4.83. The molecule has 2 aliphatic rings. The molecule has 2 saturated heterocycles. The fourth-order valence-electron chi connectivity index (χ4n) is 2.55. The summed E-state index contributed by atoms with van der Waals surface area (Å²) in [6.45, 7) is 0. The van der Waals surface area contributed by atoms with E-state index in [4.69, 9.17) is 12.2 Å². The van der Waals surface area contributed by atoms with E-state index in [0.717, 1.165) is 5.69 Å². The Morgan fingerprint density at radius 1 is 1.39 bits per heavy atom. The number of nitrogens with zero attached hydrogens (tertiary/aromatic N) is 1. The second kappa shape index (κ2) is 3.83. The van der Waals surface area contributed by atoms with Crippen LogP contribution in [-0.2, 0) is 9.84 Å². The van der Waals surface area contributed by atoms with Crippen LogP contribution in [-0.4, -0.2) is 42.2 Å². The molecule has 0 unspecified atom stereocenters. The lowest BCUT2D eigenvalue weighted by Gasteiger charge is -2.23. The van der Waals surface area contributed by atoms with Crippen LogP contribution in [0.15, 0.2) is 24.3 Å². The second-order valence-corrected chi connectivity index (χ2v) is 7.13. The molecule has 0 aliphatic carbocycles. The lowest BCUT2D eigenvalue weighted by atomic mass is 10.1. The first-order chi connectivity index (χ1) is 8.46. The van der Waals surface area contributed by atoms with Crippen molar-refractivity contribution in [2.24, 2.45) is 0 Å². The van der Waals surface area contributed by atoms with Crippen molar-refractivity contribution in [1.29, 1.82) is 0 Å². The lowest BCUT2D eigenvalue weighted by molar-refractivity contribution is 0.475. The number of rotatable bonds is 1. The molecule has 2 atom stereocenters. The highest BCUT2D eigenvalue weighted by atomic mass is 32.2. The van der Waals surface area contributed by atoms with Gasteiger partial charge in [0.15, 0.2) is 14.9 Å². The van der Waals surface area contributed by atoms with Gasteiger partial charge in [0.05, 0.1) is 23.6 Å². The Hall–Kier alpha value is -1.34. The molecule has 0 spiro atoms. The molecule has 1 aromatic rings. The number of sulfone groups is 1.